The van der Waals surface area contributed by atoms with Gasteiger partial charge in [0.15, 0.2) is 5.96 Å². The molecule has 0 radical (unpaired) electrons. The van der Waals surface area contributed by atoms with Crippen LogP contribution < -0.4 is 16.6 Å². The Morgan fingerprint density at radius 3 is 2.95 bits per heavy atom. The van der Waals surface area contributed by atoms with E-state index < -0.39 is 0 Å². The summed E-state index contributed by atoms with van der Waals surface area (Å²) in [7, 11) is 0. The van der Waals surface area contributed by atoms with E-state index in [-0.39, 0.29) is 5.56 Å². The average molecular weight is 262 g/mol. The zero-order valence-electron chi connectivity index (χ0n) is 11.4. The molecule has 5 nitrogen and oxygen atoms in total. The Bertz CT molecular complexity index is 500. The van der Waals surface area contributed by atoms with Gasteiger partial charge in [0.1, 0.15) is 0 Å². The molecule has 1 aliphatic rings. The molecule has 19 heavy (non-hydrogen) atoms. The molecular weight excluding hydrogens is 240 g/mol. The molecule has 0 bridgehead atoms. The summed E-state index contributed by atoms with van der Waals surface area (Å²) in [6.45, 7) is 2.96. The molecule has 0 aromatic carbocycles. The fraction of sp³-hybridized carbons (Fsp3) is 0.571. The number of hydrogen-bond donors (Lipinski definition) is 2. The van der Waals surface area contributed by atoms with Crippen molar-refractivity contribution in [3.63, 3.8) is 0 Å². The summed E-state index contributed by atoms with van der Waals surface area (Å²) in [4.78, 5) is 16.3. The summed E-state index contributed by atoms with van der Waals surface area (Å²) in [5, 5.41) is 3.22. The lowest BCUT2D eigenvalue weighted by Crippen LogP contribution is -2.38. The highest BCUT2D eigenvalue weighted by molar-refractivity contribution is 5.78. The fourth-order valence-corrected chi connectivity index (χ4v) is 2.45. The van der Waals surface area contributed by atoms with E-state index in [4.69, 9.17) is 5.73 Å². The first-order valence-electron chi connectivity index (χ1n) is 6.95. The number of aromatic nitrogens is 1. The Balaban J connectivity index is 1.98. The van der Waals surface area contributed by atoms with E-state index in [1.54, 1.807) is 16.8 Å². The highest BCUT2D eigenvalue weighted by Crippen LogP contribution is 2.17. The summed E-state index contributed by atoms with van der Waals surface area (Å²) in [6.07, 6.45) is 6.61. The predicted octanol–water partition coefficient (Wildman–Crippen LogP) is 1.22. The van der Waals surface area contributed by atoms with Gasteiger partial charge in [0.05, 0.1) is 6.54 Å². The van der Waals surface area contributed by atoms with E-state index in [1.807, 2.05) is 13.0 Å². The van der Waals surface area contributed by atoms with Gasteiger partial charge in [-0.1, -0.05) is 18.9 Å². The molecule has 1 aromatic heterocycles. The maximum Gasteiger partial charge on any atom is 0.255 e. The minimum Gasteiger partial charge on any atom is -0.370 e. The highest BCUT2D eigenvalue weighted by Gasteiger charge is 2.14. The van der Waals surface area contributed by atoms with E-state index in [9.17, 15) is 4.79 Å². The zero-order chi connectivity index (χ0) is 13.7. The first kappa shape index (κ1) is 13.6. The van der Waals surface area contributed by atoms with Gasteiger partial charge < -0.3 is 15.6 Å². The number of nitrogens with two attached hydrogens (primary N) is 1. The van der Waals surface area contributed by atoms with Crippen molar-refractivity contribution >= 4 is 5.96 Å². The maximum absolute atomic E-state index is 12.0. The lowest BCUT2D eigenvalue weighted by atomic mass is 10.2. The molecule has 1 aliphatic carbocycles. The van der Waals surface area contributed by atoms with Gasteiger partial charge in [-0.3, -0.25) is 4.79 Å². The van der Waals surface area contributed by atoms with E-state index >= 15 is 0 Å². The van der Waals surface area contributed by atoms with Crippen molar-refractivity contribution in [2.24, 2.45) is 10.7 Å². The molecule has 3 N–H and O–H groups in total. The molecule has 0 spiro atoms. The number of pyridine rings is 1. The molecule has 1 saturated carbocycles. The van der Waals surface area contributed by atoms with Crippen molar-refractivity contribution in [3.8, 4) is 0 Å². The Labute approximate surface area is 113 Å². The van der Waals surface area contributed by atoms with Crippen LogP contribution in [-0.4, -0.2) is 16.6 Å². The Kier molecular flexibility index (Phi) is 4.60. The predicted molar refractivity (Wildman–Crippen MR) is 77.1 cm³/mol. The number of nitrogens with one attached hydrogen (secondary N) is 1. The minimum atomic E-state index is 0.0161. The van der Waals surface area contributed by atoms with Gasteiger partial charge in [0.25, 0.3) is 5.56 Å². The number of nitrogens with zero attached hydrogens (tertiary/aromatic N) is 2. The van der Waals surface area contributed by atoms with Crippen molar-refractivity contribution in [2.45, 2.75) is 51.7 Å². The van der Waals surface area contributed by atoms with Crippen LogP contribution in [-0.2, 0) is 13.1 Å². The van der Waals surface area contributed by atoms with Crippen LogP contribution in [0.25, 0.3) is 0 Å². The van der Waals surface area contributed by atoms with Crippen molar-refractivity contribution in [1.29, 1.82) is 0 Å². The summed E-state index contributed by atoms with van der Waals surface area (Å²) in [6, 6.07) is 4.13. The number of guanidine groups is 1. The van der Waals surface area contributed by atoms with Gasteiger partial charge in [-0.15, -0.1) is 0 Å². The maximum atomic E-state index is 12.0. The molecule has 0 aliphatic heterocycles. The Hall–Kier alpha value is -1.78. The van der Waals surface area contributed by atoms with Gasteiger partial charge in [0.2, 0.25) is 0 Å². The summed E-state index contributed by atoms with van der Waals surface area (Å²) in [5.41, 5.74) is 6.55. The molecule has 1 aromatic rings. The van der Waals surface area contributed by atoms with Crippen LogP contribution in [0.3, 0.4) is 0 Å². The van der Waals surface area contributed by atoms with Gasteiger partial charge in [-0.25, -0.2) is 4.99 Å². The van der Waals surface area contributed by atoms with Crippen molar-refractivity contribution < 1.29 is 0 Å². The smallest absolute Gasteiger partial charge is 0.255 e. The topological polar surface area (TPSA) is 72.4 Å². The van der Waals surface area contributed by atoms with Crippen LogP contribution in [0.5, 0.6) is 0 Å². The fourth-order valence-electron chi connectivity index (χ4n) is 2.45. The van der Waals surface area contributed by atoms with E-state index in [0.717, 1.165) is 12.8 Å². The number of hydrogen-bond acceptors (Lipinski definition) is 2. The van der Waals surface area contributed by atoms with E-state index in [0.29, 0.717) is 30.7 Å². The highest BCUT2D eigenvalue weighted by atomic mass is 16.1. The molecule has 0 saturated heterocycles. The van der Waals surface area contributed by atoms with Crippen LogP contribution in [0.15, 0.2) is 28.1 Å². The molecule has 0 unspecified atom stereocenters. The van der Waals surface area contributed by atoms with Crippen molar-refractivity contribution in [1.82, 2.24) is 9.88 Å². The lowest BCUT2D eigenvalue weighted by molar-refractivity contribution is 0.625. The van der Waals surface area contributed by atoms with Crippen molar-refractivity contribution in [3.05, 3.63) is 34.2 Å². The first-order valence-corrected chi connectivity index (χ1v) is 6.95. The molecular formula is C14H22N4O. The number of rotatable bonds is 4. The molecule has 1 fully saturated rings. The van der Waals surface area contributed by atoms with Crippen molar-refractivity contribution in [2.75, 3.05) is 0 Å². The van der Waals surface area contributed by atoms with Crippen LogP contribution in [0.2, 0.25) is 0 Å². The third-order valence-electron chi connectivity index (χ3n) is 3.57. The van der Waals surface area contributed by atoms with Gasteiger partial charge in [0, 0.05) is 24.3 Å². The van der Waals surface area contributed by atoms with Crippen LogP contribution in [0, 0.1) is 0 Å². The lowest BCUT2D eigenvalue weighted by Gasteiger charge is -2.12. The Morgan fingerprint density at radius 2 is 2.26 bits per heavy atom. The third kappa shape index (κ3) is 3.59. The third-order valence-corrected chi connectivity index (χ3v) is 3.57. The molecule has 0 atom stereocenters. The van der Waals surface area contributed by atoms with E-state index in [2.05, 4.69) is 10.3 Å². The van der Waals surface area contributed by atoms with Gasteiger partial charge in [-0.05, 0) is 25.8 Å². The second kappa shape index (κ2) is 6.41. The zero-order valence-corrected chi connectivity index (χ0v) is 11.4. The summed E-state index contributed by atoms with van der Waals surface area (Å²) in [5.74, 6) is 0.443. The van der Waals surface area contributed by atoms with Gasteiger partial charge >= 0.3 is 0 Å². The largest absolute Gasteiger partial charge is 0.370 e. The standard InChI is InChI=1S/C14H22N4O/c1-2-18-9-5-6-11(13(18)19)10-16-14(15)17-12-7-3-4-8-12/h5-6,9,12H,2-4,7-8,10H2,1H3,(H3,15,16,17). The Morgan fingerprint density at radius 1 is 1.53 bits per heavy atom. The summed E-state index contributed by atoms with van der Waals surface area (Å²) >= 11 is 0. The first-order chi connectivity index (χ1) is 9.20. The molecule has 1 heterocycles. The summed E-state index contributed by atoms with van der Waals surface area (Å²) < 4.78 is 1.67. The minimum absolute atomic E-state index is 0.0161. The molecule has 0 amide bonds. The van der Waals surface area contributed by atoms with Crippen LogP contribution in [0.4, 0.5) is 0 Å². The second-order valence-corrected chi connectivity index (χ2v) is 4.95. The van der Waals surface area contributed by atoms with Gasteiger partial charge in [-0.2, -0.15) is 0 Å². The molecule has 2 rings (SSSR count). The SMILES string of the molecule is CCn1cccc(CN=C(N)NC2CCCC2)c1=O. The van der Waals surface area contributed by atoms with E-state index in [1.165, 1.54) is 12.8 Å². The van der Waals surface area contributed by atoms with Crippen LogP contribution >= 0.6 is 0 Å². The molecule has 104 valence electrons. The quantitative estimate of drug-likeness (QED) is 0.633. The number of aryl methyl sites for hydroxylation is 1. The second-order valence-electron chi connectivity index (χ2n) is 4.95. The average Bonchev–Trinajstić information content (AvgIpc) is 2.90. The molecule has 5 heteroatoms. The monoisotopic (exact) mass is 262 g/mol. The normalized spacial score (nSPS) is 16.8. The van der Waals surface area contributed by atoms with Crippen LogP contribution in [0.1, 0.15) is 38.2 Å². The number of aliphatic imine (C=N–C) groups is 1.